The highest BCUT2D eigenvalue weighted by Crippen LogP contribution is 2.36. The van der Waals surface area contributed by atoms with Gasteiger partial charge in [-0.05, 0) is 37.5 Å². The standard InChI is InChI=1S/C14H18N4O2S/c1-11-8-12(5-6-15-11)13-4-3-7-18(13)21(19,20)14-9-17(2)10-16-14/h5-6,8-10,13H,3-4,7H2,1-2H3. The van der Waals surface area contributed by atoms with Crippen LogP contribution in [-0.4, -0.2) is 33.8 Å². The van der Waals surface area contributed by atoms with Crippen LogP contribution in [0.1, 0.15) is 30.1 Å². The number of aryl methyl sites for hydroxylation is 2. The van der Waals surface area contributed by atoms with Crippen molar-refractivity contribution in [3.8, 4) is 0 Å². The number of aromatic nitrogens is 3. The van der Waals surface area contributed by atoms with Crippen molar-refractivity contribution in [3.63, 3.8) is 0 Å². The minimum absolute atomic E-state index is 0.114. The summed E-state index contributed by atoms with van der Waals surface area (Å²) in [6.07, 6.45) is 6.47. The fourth-order valence-electron chi connectivity index (χ4n) is 2.78. The molecule has 6 nitrogen and oxygen atoms in total. The largest absolute Gasteiger partial charge is 0.339 e. The Morgan fingerprint density at radius 2 is 2.14 bits per heavy atom. The maximum atomic E-state index is 12.8. The highest BCUT2D eigenvalue weighted by Gasteiger charge is 2.37. The predicted octanol–water partition coefficient (Wildman–Crippen LogP) is 1.65. The molecule has 1 atom stereocenters. The van der Waals surface area contributed by atoms with Gasteiger partial charge in [0.25, 0.3) is 10.0 Å². The van der Waals surface area contributed by atoms with Crippen LogP contribution in [0, 0.1) is 6.92 Å². The van der Waals surface area contributed by atoms with E-state index in [2.05, 4.69) is 9.97 Å². The molecule has 2 aromatic heterocycles. The van der Waals surface area contributed by atoms with Crippen LogP contribution < -0.4 is 0 Å². The minimum Gasteiger partial charge on any atom is -0.339 e. The highest BCUT2D eigenvalue weighted by atomic mass is 32.2. The van der Waals surface area contributed by atoms with Gasteiger partial charge in [-0.3, -0.25) is 4.98 Å². The average Bonchev–Trinajstić information content (AvgIpc) is 3.07. The van der Waals surface area contributed by atoms with Gasteiger partial charge in [0.1, 0.15) is 0 Å². The van der Waals surface area contributed by atoms with Gasteiger partial charge in [0.05, 0.1) is 12.4 Å². The van der Waals surface area contributed by atoms with Crippen molar-refractivity contribution in [2.75, 3.05) is 6.54 Å². The van der Waals surface area contributed by atoms with E-state index in [0.717, 1.165) is 24.1 Å². The number of rotatable bonds is 3. The predicted molar refractivity (Wildman–Crippen MR) is 78.0 cm³/mol. The molecule has 0 saturated carbocycles. The lowest BCUT2D eigenvalue weighted by Gasteiger charge is -2.23. The molecule has 112 valence electrons. The van der Waals surface area contributed by atoms with E-state index in [1.165, 1.54) is 6.33 Å². The van der Waals surface area contributed by atoms with Gasteiger partial charge in [0, 0.05) is 31.7 Å². The molecule has 21 heavy (non-hydrogen) atoms. The Hall–Kier alpha value is -1.73. The summed E-state index contributed by atoms with van der Waals surface area (Å²) in [6.45, 7) is 2.45. The maximum absolute atomic E-state index is 12.8. The molecule has 3 heterocycles. The molecule has 3 rings (SSSR count). The first-order chi connectivity index (χ1) is 9.98. The maximum Gasteiger partial charge on any atom is 0.262 e. The lowest BCUT2D eigenvalue weighted by molar-refractivity contribution is 0.394. The number of hydrogen-bond donors (Lipinski definition) is 0. The fraction of sp³-hybridized carbons (Fsp3) is 0.429. The van der Waals surface area contributed by atoms with Crippen molar-refractivity contribution in [2.45, 2.75) is 30.8 Å². The number of sulfonamides is 1. The zero-order valence-corrected chi connectivity index (χ0v) is 12.9. The average molecular weight is 306 g/mol. The van der Waals surface area contributed by atoms with Crippen molar-refractivity contribution in [3.05, 3.63) is 42.1 Å². The molecule has 0 N–H and O–H groups in total. The van der Waals surface area contributed by atoms with E-state index >= 15 is 0 Å². The van der Waals surface area contributed by atoms with Crippen LogP contribution in [0.3, 0.4) is 0 Å². The molecule has 0 aliphatic carbocycles. The number of pyridine rings is 1. The summed E-state index contributed by atoms with van der Waals surface area (Å²) in [5, 5.41) is 0.114. The fourth-order valence-corrected chi connectivity index (χ4v) is 4.43. The molecular weight excluding hydrogens is 288 g/mol. The van der Waals surface area contributed by atoms with E-state index < -0.39 is 10.0 Å². The van der Waals surface area contributed by atoms with E-state index in [4.69, 9.17) is 0 Å². The van der Waals surface area contributed by atoms with Crippen molar-refractivity contribution in [2.24, 2.45) is 7.05 Å². The molecule has 1 saturated heterocycles. The van der Waals surface area contributed by atoms with Crippen LogP contribution in [0.2, 0.25) is 0 Å². The van der Waals surface area contributed by atoms with Crippen molar-refractivity contribution >= 4 is 10.0 Å². The Morgan fingerprint density at radius 3 is 2.81 bits per heavy atom. The lowest BCUT2D eigenvalue weighted by atomic mass is 10.1. The van der Waals surface area contributed by atoms with Crippen LogP contribution in [0.15, 0.2) is 35.9 Å². The first kappa shape index (κ1) is 14.2. The zero-order chi connectivity index (χ0) is 15.0. The third-order valence-corrected chi connectivity index (χ3v) is 5.56. The topological polar surface area (TPSA) is 68.1 Å². The smallest absolute Gasteiger partial charge is 0.262 e. The first-order valence-corrected chi connectivity index (χ1v) is 8.35. The Balaban J connectivity index is 1.97. The molecule has 0 aromatic carbocycles. The third-order valence-electron chi connectivity index (χ3n) is 3.76. The lowest BCUT2D eigenvalue weighted by Crippen LogP contribution is -2.31. The molecule has 0 amide bonds. The molecule has 0 spiro atoms. The van der Waals surface area contributed by atoms with Gasteiger partial charge in [0.15, 0.2) is 5.03 Å². The highest BCUT2D eigenvalue weighted by molar-refractivity contribution is 7.89. The van der Waals surface area contributed by atoms with Gasteiger partial charge in [-0.2, -0.15) is 4.31 Å². The number of nitrogens with zero attached hydrogens (tertiary/aromatic N) is 4. The van der Waals surface area contributed by atoms with E-state index in [0.29, 0.717) is 6.54 Å². The summed E-state index contributed by atoms with van der Waals surface area (Å²) in [5.41, 5.74) is 1.90. The van der Waals surface area contributed by atoms with E-state index in [1.807, 2.05) is 19.1 Å². The molecule has 2 aromatic rings. The van der Waals surface area contributed by atoms with Gasteiger partial charge in [-0.1, -0.05) is 0 Å². The van der Waals surface area contributed by atoms with E-state index in [-0.39, 0.29) is 11.1 Å². The molecule has 0 bridgehead atoms. The molecule has 1 aliphatic rings. The van der Waals surface area contributed by atoms with Crippen molar-refractivity contribution in [1.82, 2.24) is 18.8 Å². The van der Waals surface area contributed by atoms with Gasteiger partial charge in [0.2, 0.25) is 0 Å². The second kappa shape index (κ2) is 5.23. The zero-order valence-electron chi connectivity index (χ0n) is 12.1. The van der Waals surface area contributed by atoms with Crippen molar-refractivity contribution < 1.29 is 8.42 Å². The second-order valence-corrected chi connectivity index (χ2v) is 7.22. The molecule has 1 fully saturated rings. The Bertz CT molecular complexity index is 754. The molecule has 7 heteroatoms. The summed E-state index contributed by atoms with van der Waals surface area (Å²) in [5.74, 6) is 0. The molecular formula is C14H18N4O2S. The minimum atomic E-state index is -3.55. The summed E-state index contributed by atoms with van der Waals surface area (Å²) < 4.78 is 28.7. The SMILES string of the molecule is Cc1cc(C2CCCN2S(=O)(=O)c2cn(C)cn2)ccn1. The second-order valence-electron chi connectivity index (χ2n) is 5.38. The molecule has 0 radical (unpaired) electrons. The van der Waals surface area contributed by atoms with Crippen LogP contribution in [0.5, 0.6) is 0 Å². The first-order valence-electron chi connectivity index (χ1n) is 6.91. The summed E-state index contributed by atoms with van der Waals surface area (Å²) in [6, 6.07) is 3.72. The molecule has 1 unspecified atom stereocenters. The Labute approximate surface area is 124 Å². The number of hydrogen-bond acceptors (Lipinski definition) is 4. The third kappa shape index (κ3) is 2.58. The normalized spacial score (nSPS) is 20.0. The van der Waals surface area contributed by atoms with Gasteiger partial charge < -0.3 is 4.57 Å². The van der Waals surface area contributed by atoms with E-state index in [1.54, 1.807) is 28.3 Å². The Kier molecular flexibility index (Phi) is 3.54. The monoisotopic (exact) mass is 306 g/mol. The van der Waals surface area contributed by atoms with Gasteiger partial charge in [-0.15, -0.1) is 0 Å². The van der Waals surface area contributed by atoms with Gasteiger partial charge >= 0.3 is 0 Å². The Morgan fingerprint density at radius 1 is 1.33 bits per heavy atom. The van der Waals surface area contributed by atoms with Crippen LogP contribution in [0.4, 0.5) is 0 Å². The van der Waals surface area contributed by atoms with Crippen molar-refractivity contribution in [1.29, 1.82) is 0 Å². The van der Waals surface area contributed by atoms with E-state index in [9.17, 15) is 8.42 Å². The molecule has 1 aliphatic heterocycles. The summed E-state index contributed by atoms with van der Waals surface area (Å²) in [4.78, 5) is 8.17. The van der Waals surface area contributed by atoms with Crippen LogP contribution >= 0.6 is 0 Å². The van der Waals surface area contributed by atoms with Crippen LogP contribution in [-0.2, 0) is 17.1 Å². The number of imidazole rings is 1. The van der Waals surface area contributed by atoms with Gasteiger partial charge in [-0.25, -0.2) is 13.4 Å². The van der Waals surface area contributed by atoms with Crippen LogP contribution in [0.25, 0.3) is 0 Å². The quantitative estimate of drug-likeness (QED) is 0.864. The summed E-state index contributed by atoms with van der Waals surface area (Å²) >= 11 is 0. The summed E-state index contributed by atoms with van der Waals surface area (Å²) in [7, 11) is -1.78.